The number of hydrogen-bond donors (Lipinski definition) is 0. The van der Waals surface area contributed by atoms with Crippen molar-refractivity contribution in [3.63, 3.8) is 0 Å². The molecule has 0 aliphatic carbocycles. The van der Waals surface area contributed by atoms with Crippen molar-refractivity contribution in [2.45, 2.75) is 39.7 Å². The number of methoxy groups -OCH3 is 1. The van der Waals surface area contributed by atoms with Crippen LogP contribution in [0.2, 0.25) is 0 Å². The highest BCUT2D eigenvalue weighted by molar-refractivity contribution is 7.07. The zero-order valence-electron chi connectivity index (χ0n) is 23.3. The van der Waals surface area contributed by atoms with Gasteiger partial charge in [0, 0.05) is 12.5 Å². The minimum Gasteiger partial charge on any atom is -0.496 e. The Morgan fingerprint density at radius 3 is 2.49 bits per heavy atom. The van der Waals surface area contributed by atoms with Gasteiger partial charge in [-0.2, -0.15) is 0 Å². The van der Waals surface area contributed by atoms with E-state index in [0.717, 1.165) is 22.8 Å². The first-order valence-electron chi connectivity index (χ1n) is 13.4. The average molecular weight is 571 g/mol. The summed E-state index contributed by atoms with van der Waals surface area (Å²) in [6.45, 7) is 5.31. The molecule has 0 unspecified atom stereocenters. The molecule has 1 aliphatic heterocycles. The molecule has 0 spiro atoms. The number of nitrogens with zero attached hydrogens (tertiary/aromatic N) is 2. The minimum atomic E-state index is -0.804. The second-order valence-electron chi connectivity index (χ2n) is 9.48. The summed E-state index contributed by atoms with van der Waals surface area (Å²) < 4.78 is 18.5. The quantitative estimate of drug-likeness (QED) is 0.226. The van der Waals surface area contributed by atoms with Gasteiger partial charge in [0.25, 0.3) is 5.56 Å². The van der Waals surface area contributed by atoms with Gasteiger partial charge < -0.3 is 14.2 Å². The van der Waals surface area contributed by atoms with E-state index in [0.29, 0.717) is 44.1 Å². The first-order chi connectivity index (χ1) is 19.9. The second kappa shape index (κ2) is 11.9. The van der Waals surface area contributed by atoms with Crippen LogP contribution in [0.25, 0.3) is 16.8 Å². The van der Waals surface area contributed by atoms with E-state index >= 15 is 0 Å². The molecule has 1 aliphatic rings. The number of hydrogen-bond acceptors (Lipinski definition) is 8. The van der Waals surface area contributed by atoms with Crippen LogP contribution in [0, 0.1) is 0 Å². The van der Waals surface area contributed by atoms with Gasteiger partial charge in [-0.15, -0.1) is 0 Å². The van der Waals surface area contributed by atoms with E-state index < -0.39 is 18.0 Å². The lowest BCUT2D eigenvalue weighted by Crippen LogP contribution is -2.40. The van der Waals surface area contributed by atoms with Gasteiger partial charge in [0.15, 0.2) is 4.80 Å². The minimum absolute atomic E-state index is 0.189. The largest absolute Gasteiger partial charge is 0.496 e. The molecule has 0 saturated carbocycles. The van der Waals surface area contributed by atoms with Crippen LogP contribution in [0.1, 0.15) is 50.8 Å². The Morgan fingerprint density at radius 1 is 1.05 bits per heavy atom. The van der Waals surface area contributed by atoms with Gasteiger partial charge in [-0.3, -0.25) is 14.2 Å². The first-order valence-corrected chi connectivity index (χ1v) is 14.2. The Morgan fingerprint density at radius 2 is 1.80 bits per heavy atom. The zero-order chi connectivity index (χ0) is 29.1. The highest BCUT2D eigenvalue weighted by Crippen LogP contribution is 2.41. The van der Waals surface area contributed by atoms with Gasteiger partial charge in [-0.05, 0) is 54.0 Å². The van der Waals surface area contributed by atoms with E-state index in [-0.39, 0.29) is 12.2 Å². The van der Waals surface area contributed by atoms with Crippen molar-refractivity contribution in [1.82, 2.24) is 4.57 Å². The molecule has 0 saturated heterocycles. The van der Waals surface area contributed by atoms with Gasteiger partial charge in [0.2, 0.25) is 0 Å². The maximum Gasteiger partial charge on any atom is 0.338 e. The summed E-state index contributed by atoms with van der Waals surface area (Å²) in [4.78, 5) is 44.3. The Hall–Kier alpha value is -4.50. The lowest BCUT2D eigenvalue weighted by molar-refractivity contribution is -0.139. The molecule has 1 aromatic heterocycles. The Bertz CT molecular complexity index is 1850. The number of aromatic nitrogens is 1. The van der Waals surface area contributed by atoms with E-state index in [1.54, 1.807) is 48.9 Å². The van der Waals surface area contributed by atoms with Crippen molar-refractivity contribution >= 4 is 40.1 Å². The predicted octanol–water partition coefficient (Wildman–Crippen LogP) is 4.67. The lowest BCUT2D eigenvalue weighted by Gasteiger charge is -2.28. The van der Waals surface area contributed by atoms with E-state index in [2.05, 4.69) is 0 Å². The summed E-state index contributed by atoms with van der Waals surface area (Å²) in [5.74, 6) is 0.0663. The smallest absolute Gasteiger partial charge is 0.338 e. The summed E-state index contributed by atoms with van der Waals surface area (Å²) in [6, 6.07) is 17.7. The molecule has 0 fully saturated rings. The van der Waals surface area contributed by atoms with Crippen LogP contribution >= 0.6 is 11.3 Å². The summed E-state index contributed by atoms with van der Waals surface area (Å²) in [7, 11) is 1.58. The highest BCUT2D eigenvalue weighted by Gasteiger charge is 2.37. The highest BCUT2D eigenvalue weighted by atomic mass is 32.1. The molecule has 0 amide bonds. The number of carbonyl (C=O) groups is 2. The van der Waals surface area contributed by atoms with Gasteiger partial charge in [0.05, 0.1) is 29.5 Å². The number of thiazole rings is 1. The molecular formula is C32H30N2O6S. The fraction of sp³-hybridized carbons (Fsp3) is 0.250. The van der Waals surface area contributed by atoms with Crippen LogP contribution < -0.4 is 24.4 Å². The van der Waals surface area contributed by atoms with Crippen LogP contribution in [-0.4, -0.2) is 30.2 Å². The number of ether oxygens (including phenoxy) is 3. The normalized spacial score (nSPS) is 14.9. The number of esters is 2. The summed E-state index contributed by atoms with van der Waals surface area (Å²) >= 11 is 1.26. The van der Waals surface area contributed by atoms with Crippen LogP contribution in [0.3, 0.4) is 0 Å². The Balaban J connectivity index is 1.80. The van der Waals surface area contributed by atoms with Crippen LogP contribution in [0.5, 0.6) is 11.5 Å². The van der Waals surface area contributed by atoms with E-state index in [4.69, 9.17) is 19.2 Å². The molecule has 5 rings (SSSR count). The van der Waals surface area contributed by atoms with Gasteiger partial charge in [-0.25, -0.2) is 9.79 Å². The van der Waals surface area contributed by atoms with Crippen molar-refractivity contribution in [2.75, 3.05) is 13.7 Å². The fourth-order valence-corrected chi connectivity index (χ4v) is 6.10. The molecule has 4 aromatic rings. The lowest BCUT2D eigenvalue weighted by atomic mass is 9.90. The molecule has 210 valence electrons. The molecule has 1 atom stereocenters. The van der Waals surface area contributed by atoms with Crippen molar-refractivity contribution in [1.29, 1.82) is 0 Å². The van der Waals surface area contributed by atoms with Crippen molar-refractivity contribution in [2.24, 2.45) is 4.99 Å². The predicted molar refractivity (Wildman–Crippen MR) is 158 cm³/mol. The van der Waals surface area contributed by atoms with Gasteiger partial charge in [0.1, 0.15) is 17.5 Å². The van der Waals surface area contributed by atoms with E-state index in [1.165, 1.54) is 18.3 Å². The molecular weight excluding hydrogens is 540 g/mol. The maximum atomic E-state index is 14.1. The van der Waals surface area contributed by atoms with Gasteiger partial charge in [-0.1, -0.05) is 67.1 Å². The molecule has 41 heavy (non-hydrogen) atoms. The van der Waals surface area contributed by atoms with Crippen LogP contribution in [-0.2, 0) is 14.3 Å². The maximum absolute atomic E-state index is 14.1. The first kappa shape index (κ1) is 28.0. The van der Waals surface area contributed by atoms with E-state index in [1.807, 2.05) is 43.3 Å². The molecule has 2 heterocycles. The number of allylic oxidation sites excluding steroid dienone is 1. The molecule has 0 bridgehead atoms. The molecule has 0 N–H and O–H groups in total. The van der Waals surface area contributed by atoms with Crippen molar-refractivity contribution < 1.29 is 23.8 Å². The third kappa shape index (κ3) is 5.45. The van der Waals surface area contributed by atoms with Crippen molar-refractivity contribution in [3.05, 3.63) is 103 Å². The average Bonchev–Trinajstić information content (AvgIpc) is 3.27. The summed E-state index contributed by atoms with van der Waals surface area (Å²) in [5.41, 5.74) is 2.12. The zero-order valence-corrected chi connectivity index (χ0v) is 24.1. The number of benzene rings is 3. The van der Waals surface area contributed by atoms with Crippen LogP contribution in [0.4, 0.5) is 0 Å². The molecule has 9 heteroatoms. The third-order valence-electron chi connectivity index (χ3n) is 6.76. The number of carbonyl (C=O) groups excluding carboxylic acids is 2. The van der Waals surface area contributed by atoms with E-state index in [9.17, 15) is 14.4 Å². The van der Waals surface area contributed by atoms with Crippen LogP contribution in [0.15, 0.2) is 81.7 Å². The molecule has 8 nitrogen and oxygen atoms in total. The van der Waals surface area contributed by atoms with Gasteiger partial charge >= 0.3 is 11.9 Å². The third-order valence-corrected chi connectivity index (χ3v) is 7.74. The Labute approximate surface area is 240 Å². The standard InChI is InChI=1S/C32H30N2O6S/c1-5-9-24-28(31(37)39-6-2)29(27-23-11-8-7-10-21(23)14-17-25(27)38-4)34-30(36)26(41-32(34)33-24)18-20-12-15-22(16-13-20)40-19(3)35/h7-8,10-18,29H,5-6,9H2,1-4H3/b26-18-/t29-/m0/s1. The second-order valence-corrected chi connectivity index (χ2v) is 10.5. The number of rotatable bonds is 8. The molecule has 0 radical (unpaired) electrons. The van der Waals surface area contributed by atoms with Crippen molar-refractivity contribution in [3.8, 4) is 11.5 Å². The molecule has 3 aromatic carbocycles. The topological polar surface area (TPSA) is 96.2 Å². The monoisotopic (exact) mass is 570 g/mol. The summed E-state index contributed by atoms with van der Waals surface area (Å²) in [5, 5.41) is 1.82. The number of fused-ring (bicyclic) bond motifs is 2. The SMILES string of the molecule is CCCC1=C(C(=O)OCC)[C@H](c2c(OC)ccc3ccccc23)n2c(s/c(=C\c3ccc(OC(C)=O)cc3)c2=O)=N1. The summed E-state index contributed by atoms with van der Waals surface area (Å²) in [6.07, 6.45) is 3.07. The fourth-order valence-electron chi connectivity index (χ4n) is 5.08. The Kier molecular flexibility index (Phi) is 8.16.